The number of methoxy groups -OCH3 is 1. The van der Waals surface area contributed by atoms with Crippen LogP contribution in [0.5, 0.6) is 0 Å². The Balaban J connectivity index is 2.00. The van der Waals surface area contributed by atoms with Crippen LogP contribution in [-0.2, 0) is 30.3 Å². The minimum absolute atomic E-state index is 0.110. The number of halogens is 1. The molecular formula is C27H31IN6O5. The van der Waals surface area contributed by atoms with Crippen LogP contribution in [0.25, 0.3) is 11.2 Å². The van der Waals surface area contributed by atoms with E-state index in [0.29, 0.717) is 22.7 Å². The van der Waals surface area contributed by atoms with Crippen molar-refractivity contribution in [1.82, 2.24) is 19.5 Å². The molecule has 0 saturated heterocycles. The van der Waals surface area contributed by atoms with E-state index in [9.17, 15) is 9.90 Å². The molecule has 0 amide bonds. The van der Waals surface area contributed by atoms with Crippen LogP contribution in [0.2, 0.25) is 0 Å². The largest absolute Gasteiger partial charge is 0.392 e. The number of fused-ring (bicyclic) bond motifs is 1. The maximum Gasteiger partial charge on any atom is 0.354 e. The van der Waals surface area contributed by atoms with Crippen molar-refractivity contribution in [2.45, 2.75) is 51.0 Å². The number of ether oxygens (including phenoxy) is 2. The van der Waals surface area contributed by atoms with Crippen molar-refractivity contribution in [3.05, 3.63) is 59.8 Å². The van der Waals surface area contributed by atoms with E-state index in [0.717, 1.165) is 5.56 Å². The highest BCUT2D eigenvalue weighted by atomic mass is 127. The number of aliphatic imine (C=N–C) groups is 1. The van der Waals surface area contributed by atoms with Crippen LogP contribution in [-0.4, -0.2) is 67.8 Å². The number of nitrogens with zero attached hydrogens (tertiary/aromatic N) is 5. The Morgan fingerprint density at radius 1 is 1.33 bits per heavy atom. The SMILES string of the molecule is C#CC(O)(Cn1cnc2c(N)nc(C)nc21)C(COC(Cc1ccccc1)(C(=O)OI)C(=C/C)/N=C\C)OC. The molecule has 0 aliphatic rings. The Morgan fingerprint density at radius 3 is 2.64 bits per heavy atom. The molecule has 0 radical (unpaired) electrons. The van der Waals surface area contributed by atoms with Gasteiger partial charge in [0.05, 0.1) is 25.2 Å². The predicted molar refractivity (Wildman–Crippen MR) is 156 cm³/mol. The van der Waals surface area contributed by atoms with Crippen molar-refractivity contribution in [3.8, 4) is 12.3 Å². The molecule has 0 spiro atoms. The molecule has 3 N–H and O–H groups in total. The summed E-state index contributed by atoms with van der Waals surface area (Å²) in [4.78, 5) is 30.5. The average molecular weight is 646 g/mol. The molecule has 11 nitrogen and oxygen atoms in total. The van der Waals surface area contributed by atoms with Crippen molar-refractivity contribution >= 4 is 52.2 Å². The number of hydrogen-bond donors (Lipinski definition) is 2. The summed E-state index contributed by atoms with van der Waals surface area (Å²) < 4.78 is 18.7. The Kier molecular flexibility index (Phi) is 10.1. The van der Waals surface area contributed by atoms with Crippen LogP contribution in [0.3, 0.4) is 0 Å². The number of rotatable bonds is 12. The third-order valence-electron chi connectivity index (χ3n) is 6.21. The molecule has 2 heterocycles. The van der Waals surface area contributed by atoms with Gasteiger partial charge >= 0.3 is 5.97 Å². The molecule has 0 fully saturated rings. The minimum Gasteiger partial charge on any atom is -0.392 e. The summed E-state index contributed by atoms with van der Waals surface area (Å²) in [7, 11) is 1.39. The van der Waals surface area contributed by atoms with Crippen LogP contribution >= 0.6 is 23.0 Å². The molecular weight excluding hydrogens is 615 g/mol. The Bertz CT molecular complexity index is 1400. The van der Waals surface area contributed by atoms with Gasteiger partial charge in [-0.2, -0.15) is 0 Å². The summed E-state index contributed by atoms with van der Waals surface area (Å²) in [5.74, 6) is 2.41. The Labute approximate surface area is 241 Å². The fourth-order valence-corrected chi connectivity index (χ4v) is 4.62. The summed E-state index contributed by atoms with van der Waals surface area (Å²) in [5.41, 5.74) is 4.36. The van der Waals surface area contributed by atoms with E-state index < -0.39 is 23.3 Å². The average Bonchev–Trinajstić information content (AvgIpc) is 3.33. The second kappa shape index (κ2) is 13.1. The van der Waals surface area contributed by atoms with Gasteiger partial charge in [-0.3, -0.25) is 4.99 Å². The molecule has 3 aromatic rings. The number of aliphatic hydroxyl groups is 1. The first-order chi connectivity index (χ1) is 18.7. The van der Waals surface area contributed by atoms with Crippen LogP contribution in [0.4, 0.5) is 5.82 Å². The van der Waals surface area contributed by atoms with Crippen LogP contribution in [0, 0.1) is 19.3 Å². The van der Waals surface area contributed by atoms with E-state index in [4.69, 9.17) is 24.7 Å². The number of benzene rings is 1. The maximum absolute atomic E-state index is 13.3. The molecule has 0 aliphatic heterocycles. The van der Waals surface area contributed by atoms with Gasteiger partial charge in [-0.25, -0.2) is 19.7 Å². The number of terminal acetylenes is 1. The van der Waals surface area contributed by atoms with E-state index in [2.05, 4.69) is 25.9 Å². The number of allylic oxidation sites excluding steroid dienone is 1. The van der Waals surface area contributed by atoms with Gasteiger partial charge in [0.25, 0.3) is 0 Å². The zero-order valence-corrected chi connectivity index (χ0v) is 24.3. The number of imidazole rings is 1. The molecule has 0 saturated carbocycles. The molecule has 3 atom stereocenters. The number of anilines is 1. The predicted octanol–water partition coefficient (Wildman–Crippen LogP) is 2.98. The smallest absolute Gasteiger partial charge is 0.354 e. The number of aromatic nitrogens is 4. The summed E-state index contributed by atoms with van der Waals surface area (Å²) >= 11 is 1.52. The van der Waals surface area contributed by atoms with Crippen molar-refractivity contribution in [2.24, 2.45) is 4.99 Å². The lowest BCUT2D eigenvalue weighted by Crippen LogP contribution is -2.52. The lowest BCUT2D eigenvalue weighted by Gasteiger charge is -2.36. The van der Waals surface area contributed by atoms with Crippen molar-refractivity contribution < 1.29 is 22.4 Å². The van der Waals surface area contributed by atoms with Crippen LogP contribution in [0.1, 0.15) is 25.2 Å². The molecule has 0 aliphatic carbocycles. The highest BCUT2D eigenvalue weighted by Crippen LogP contribution is 2.32. The number of hydrogen-bond acceptors (Lipinski definition) is 10. The normalized spacial score (nSPS) is 16.0. The lowest BCUT2D eigenvalue weighted by molar-refractivity contribution is -0.166. The van der Waals surface area contributed by atoms with E-state index in [1.165, 1.54) is 36.4 Å². The molecule has 2 aromatic heterocycles. The second-order valence-corrected chi connectivity index (χ2v) is 9.16. The van der Waals surface area contributed by atoms with Crippen molar-refractivity contribution in [3.63, 3.8) is 0 Å². The quantitative estimate of drug-likeness (QED) is 0.172. The Morgan fingerprint density at radius 2 is 2.05 bits per heavy atom. The van der Waals surface area contributed by atoms with E-state index >= 15 is 0 Å². The third-order valence-corrected chi connectivity index (χ3v) is 6.61. The number of aryl methyl sites for hydroxylation is 1. The van der Waals surface area contributed by atoms with Gasteiger partial charge in [0.1, 0.15) is 17.4 Å². The molecule has 1 aromatic carbocycles. The first-order valence-electron chi connectivity index (χ1n) is 12.0. The zero-order chi connectivity index (χ0) is 28.6. The van der Waals surface area contributed by atoms with Gasteiger partial charge in [0, 0.05) is 19.7 Å². The number of nitrogens with two attached hydrogens (primary N) is 1. The molecule has 3 unspecified atom stereocenters. The molecule has 206 valence electrons. The molecule has 0 bridgehead atoms. The summed E-state index contributed by atoms with van der Waals surface area (Å²) in [6.07, 6.45) is 9.56. The topological polar surface area (TPSA) is 147 Å². The molecule has 12 heteroatoms. The number of nitrogen functional groups attached to an aromatic ring is 1. The Hall–Kier alpha value is -3.38. The lowest BCUT2D eigenvalue weighted by atomic mass is 9.90. The molecule has 3 rings (SSSR count). The fraction of sp³-hybridized carbons (Fsp3) is 0.370. The summed E-state index contributed by atoms with van der Waals surface area (Å²) in [5, 5.41) is 11.6. The summed E-state index contributed by atoms with van der Waals surface area (Å²) in [6, 6.07) is 9.32. The van der Waals surface area contributed by atoms with Gasteiger partial charge in [-0.05, 0) is 26.3 Å². The fourth-order valence-electron chi connectivity index (χ4n) is 4.26. The highest BCUT2D eigenvalue weighted by Gasteiger charge is 2.48. The van der Waals surface area contributed by atoms with Gasteiger partial charge in [0.15, 0.2) is 40.1 Å². The monoisotopic (exact) mass is 646 g/mol. The second-order valence-electron chi connectivity index (χ2n) is 8.72. The van der Waals surface area contributed by atoms with E-state index in [-0.39, 0.29) is 25.4 Å². The first-order valence-corrected chi connectivity index (χ1v) is 12.9. The molecule has 39 heavy (non-hydrogen) atoms. The number of carbonyl (C=O) groups excluding carboxylic acids is 1. The van der Waals surface area contributed by atoms with Gasteiger partial charge in [-0.1, -0.05) is 42.3 Å². The first kappa shape index (κ1) is 30.2. The zero-order valence-electron chi connectivity index (χ0n) is 22.2. The minimum atomic E-state index is -1.90. The summed E-state index contributed by atoms with van der Waals surface area (Å²) in [6.45, 7) is 4.74. The van der Waals surface area contributed by atoms with Gasteiger partial charge < -0.3 is 27.9 Å². The van der Waals surface area contributed by atoms with E-state index in [1.807, 2.05) is 30.3 Å². The van der Waals surface area contributed by atoms with Crippen LogP contribution < -0.4 is 5.73 Å². The standard InChI is InChI=1S/C27H31IN6O5/c1-6-20(30-8-3)27(25(35)39-28,14-19-12-10-9-11-13-19)38-15-21(37-5)26(36,7-2)16-34-17-31-22-23(29)32-18(4)33-24(22)34/h2,6,8-13,17,21,36H,14-16H2,1,3-5H3,(H2,29,32,33)/b20-6-,30-8-. The van der Waals surface area contributed by atoms with Crippen molar-refractivity contribution in [2.75, 3.05) is 19.5 Å². The number of carbonyl (C=O) groups is 1. The van der Waals surface area contributed by atoms with Gasteiger partial charge in [0.2, 0.25) is 5.60 Å². The van der Waals surface area contributed by atoms with Crippen molar-refractivity contribution in [1.29, 1.82) is 0 Å². The van der Waals surface area contributed by atoms with Gasteiger partial charge in [-0.15, -0.1) is 6.42 Å². The highest BCUT2D eigenvalue weighted by molar-refractivity contribution is 14.1. The van der Waals surface area contributed by atoms with E-state index in [1.54, 1.807) is 37.6 Å². The van der Waals surface area contributed by atoms with Crippen LogP contribution in [0.15, 0.2) is 53.4 Å². The third kappa shape index (κ3) is 6.44. The maximum atomic E-state index is 13.3.